The predicted molar refractivity (Wildman–Crippen MR) is 93.7 cm³/mol. The van der Waals surface area contributed by atoms with Gasteiger partial charge < -0.3 is 9.47 Å². The molecule has 7 nitrogen and oxygen atoms in total. The molecule has 0 radical (unpaired) electrons. The lowest BCUT2D eigenvalue weighted by Crippen LogP contribution is -2.34. The Morgan fingerprint density at radius 3 is 2.52 bits per heavy atom. The number of ether oxygens (including phenoxy) is 2. The van der Waals surface area contributed by atoms with E-state index in [1.165, 1.54) is 4.68 Å². The van der Waals surface area contributed by atoms with Gasteiger partial charge in [-0.1, -0.05) is 6.07 Å². The quantitative estimate of drug-likeness (QED) is 0.797. The van der Waals surface area contributed by atoms with Gasteiger partial charge in [0, 0.05) is 6.54 Å². The second kappa shape index (κ2) is 7.81. The molecule has 0 atom stereocenters. The van der Waals surface area contributed by atoms with E-state index < -0.39 is 0 Å². The van der Waals surface area contributed by atoms with E-state index in [1.807, 2.05) is 36.2 Å². The molecule has 0 saturated carbocycles. The maximum Gasteiger partial charge on any atom is 0.286 e. The first-order valence-corrected chi connectivity index (χ1v) is 7.79. The normalized spacial score (nSPS) is 10.6. The lowest BCUT2D eigenvalue weighted by atomic mass is 10.1. The molecule has 1 aromatic heterocycles. The van der Waals surface area contributed by atoms with Gasteiger partial charge in [-0.05, 0) is 44.2 Å². The van der Waals surface area contributed by atoms with Crippen LogP contribution in [0.3, 0.4) is 0 Å². The first-order chi connectivity index (χ1) is 11.9. The van der Waals surface area contributed by atoms with Crippen molar-refractivity contribution in [1.29, 1.82) is 5.26 Å². The molecule has 25 heavy (non-hydrogen) atoms. The molecule has 0 saturated heterocycles. The number of hydrogen-bond donors (Lipinski definition) is 0. The molecule has 7 heteroatoms. The van der Waals surface area contributed by atoms with E-state index in [-0.39, 0.29) is 17.8 Å². The van der Waals surface area contributed by atoms with Gasteiger partial charge in [-0.3, -0.25) is 9.69 Å². The Hall–Kier alpha value is -2.85. The molecular formula is C18H22N4O3. The highest BCUT2D eigenvalue weighted by Crippen LogP contribution is 2.27. The van der Waals surface area contributed by atoms with E-state index in [1.54, 1.807) is 28.1 Å². The van der Waals surface area contributed by atoms with Gasteiger partial charge in [-0.15, -0.1) is 0 Å². The summed E-state index contributed by atoms with van der Waals surface area (Å²) in [5.74, 6) is 1.32. The summed E-state index contributed by atoms with van der Waals surface area (Å²) in [6.07, 6.45) is 0. The summed E-state index contributed by atoms with van der Waals surface area (Å²) in [5.41, 5.74) is 2.09. The van der Waals surface area contributed by atoms with Gasteiger partial charge in [-0.2, -0.15) is 10.4 Å². The van der Waals surface area contributed by atoms with Crippen molar-refractivity contribution in [3.05, 3.63) is 50.9 Å². The zero-order chi connectivity index (χ0) is 18.6. The number of aromatic nitrogens is 2. The third kappa shape index (κ3) is 3.98. The highest BCUT2D eigenvalue weighted by molar-refractivity contribution is 5.42. The fraction of sp³-hybridized carbons (Fsp3) is 0.389. The Bertz CT molecular complexity index is 868. The van der Waals surface area contributed by atoms with Crippen LogP contribution in [0.2, 0.25) is 0 Å². The highest BCUT2D eigenvalue weighted by atomic mass is 16.5. The van der Waals surface area contributed by atoms with Crippen molar-refractivity contribution in [3.63, 3.8) is 0 Å². The molecule has 0 fully saturated rings. The van der Waals surface area contributed by atoms with Crippen LogP contribution in [0.25, 0.3) is 0 Å². The lowest BCUT2D eigenvalue weighted by molar-refractivity contribution is 0.238. The fourth-order valence-corrected chi connectivity index (χ4v) is 2.57. The van der Waals surface area contributed by atoms with Crippen LogP contribution in [0, 0.1) is 25.2 Å². The molecule has 1 heterocycles. The molecule has 0 bridgehead atoms. The lowest BCUT2D eigenvalue weighted by Gasteiger charge is -2.19. The molecule has 132 valence electrons. The largest absolute Gasteiger partial charge is 0.493 e. The van der Waals surface area contributed by atoms with Crippen LogP contribution in [-0.2, 0) is 13.2 Å². The molecule has 2 rings (SSSR count). The first kappa shape index (κ1) is 18.5. The van der Waals surface area contributed by atoms with Gasteiger partial charge >= 0.3 is 0 Å². The van der Waals surface area contributed by atoms with E-state index in [9.17, 15) is 10.1 Å². The zero-order valence-electron chi connectivity index (χ0n) is 15.2. The van der Waals surface area contributed by atoms with Gasteiger partial charge in [0.25, 0.3) is 5.56 Å². The minimum Gasteiger partial charge on any atom is -0.493 e. The van der Waals surface area contributed by atoms with Gasteiger partial charge in [0.2, 0.25) is 0 Å². The maximum atomic E-state index is 12.4. The SMILES string of the molecule is COc1ccc(CN(C)Cn2nc(C)c(C)c(C#N)c2=O)cc1OC. The van der Waals surface area contributed by atoms with Crippen molar-refractivity contribution in [3.8, 4) is 17.6 Å². The van der Waals surface area contributed by atoms with Gasteiger partial charge in [0.05, 0.1) is 26.6 Å². The zero-order valence-corrected chi connectivity index (χ0v) is 15.2. The van der Waals surface area contributed by atoms with Crippen molar-refractivity contribution in [2.24, 2.45) is 0 Å². The second-order valence-corrected chi connectivity index (χ2v) is 5.85. The summed E-state index contributed by atoms with van der Waals surface area (Å²) < 4.78 is 11.9. The number of nitriles is 1. The summed E-state index contributed by atoms with van der Waals surface area (Å²) in [6.45, 7) is 4.40. The third-order valence-electron chi connectivity index (χ3n) is 4.02. The van der Waals surface area contributed by atoms with Crippen LogP contribution in [-0.4, -0.2) is 35.9 Å². The Labute approximate surface area is 147 Å². The van der Waals surface area contributed by atoms with Gasteiger partial charge in [0.1, 0.15) is 11.6 Å². The highest BCUT2D eigenvalue weighted by Gasteiger charge is 2.13. The summed E-state index contributed by atoms with van der Waals surface area (Å²) >= 11 is 0. The van der Waals surface area contributed by atoms with Gasteiger partial charge in [0.15, 0.2) is 11.5 Å². The standard InChI is InChI=1S/C18H22N4O3/c1-12-13(2)20-22(18(23)15(12)9-19)11-21(3)10-14-6-7-16(24-4)17(8-14)25-5/h6-8H,10-11H2,1-5H3. The molecule has 0 amide bonds. The summed E-state index contributed by atoms with van der Waals surface area (Å²) in [5, 5.41) is 13.5. The molecule has 0 aliphatic heterocycles. The molecule has 0 aliphatic carbocycles. The average molecular weight is 342 g/mol. The summed E-state index contributed by atoms with van der Waals surface area (Å²) in [4.78, 5) is 14.3. The Morgan fingerprint density at radius 1 is 1.24 bits per heavy atom. The number of hydrogen-bond acceptors (Lipinski definition) is 6. The number of methoxy groups -OCH3 is 2. The first-order valence-electron chi connectivity index (χ1n) is 7.79. The number of benzene rings is 1. The van der Waals surface area contributed by atoms with E-state index in [0.717, 1.165) is 5.56 Å². The second-order valence-electron chi connectivity index (χ2n) is 5.85. The average Bonchev–Trinajstić information content (AvgIpc) is 2.60. The van der Waals surface area contributed by atoms with Crippen molar-refractivity contribution in [2.45, 2.75) is 27.1 Å². The van der Waals surface area contributed by atoms with Crippen LogP contribution in [0.15, 0.2) is 23.0 Å². The smallest absolute Gasteiger partial charge is 0.286 e. The van der Waals surface area contributed by atoms with Crippen molar-refractivity contribution >= 4 is 0 Å². The Morgan fingerprint density at radius 2 is 1.92 bits per heavy atom. The Balaban J connectivity index is 2.21. The molecular weight excluding hydrogens is 320 g/mol. The molecule has 0 aliphatic rings. The van der Waals surface area contributed by atoms with E-state index in [4.69, 9.17) is 9.47 Å². The molecule has 0 spiro atoms. The third-order valence-corrected chi connectivity index (χ3v) is 4.02. The van der Waals surface area contributed by atoms with Gasteiger partial charge in [-0.25, -0.2) is 4.68 Å². The van der Waals surface area contributed by atoms with Crippen LogP contribution >= 0.6 is 0 Å². The topological polar surface area (TPSA) is 80.4 Å². The molecule has 1 aromatic carbocycles. The number of aryl methyl sites for hydroxylation is 1. The predicted octanol–water partition coefficient (Wildman–Crippen LogP) is 1.84. The molecule has 0 unspecified atom stereocenters. The van der Waals surface area contributed by atoms with Crippen molar-refractivity contribution in [1.82, 2.24) is 14.7 Å². The van der Waals surface area contributed by atoms with Crippen LogP contribution in [0.5, 0.6) is 11.5 Å². The van der Waals surface area contributed by atoms with Crippen LogP contribution < -0.4 is 15.0 Å². The minimum absolute atomic E-state index is 0.145. The van der Waals surface area contributed by atoms with Crippen molar-refractivity contribution in [2.75, 3.05) is 21.3 Å². The van der Waals surface area contributed by atoms with Crippen LogP contribution in [0.4, 0.5) is 0 Å². The van der Waals surface area contributed by atoms with E-state index in [0.29, 0.717) is 29.3 Å². The minimum atomic E-state index is -0.371. The summed E-state index contributed by atoms with van der Waals surface area (Å²) in [7, 11) is 5.06. The van der Waals surface area contributed by atoms with Crippen LogP contribution in [0.1, 0.15) is 22.4 Å². The number of nitrogens with zero attached hydrogens (tertiary/aromatic N) is 4. The fourth-order valence-electron chi connectivity index (χ4n) is 2.57. The van der Waals surface area contributed by atoms with E-state index in [2.05, 4.69) is 5.10 Å². The maximum absolute atomic E-state index is 12.4. The van der Waals surface area contributed by atoms with E-state index >= 15 is 0 Å². The molecule has 0 N–H and O–H groups in total. The van der Waals surface area contributed by atoms with Crippen molar-refractivity contribution < 1.29 is 9.47 Å². The summed E-state index contributed by atoms with van der Waals surface area (Å²) in [6, 6.07) is 7.65. The number of rotatable bonds is 6. The monoisotopic (exact) mass is 342 g/mol. The molecule has 2 aromatic rings. The Kier molecular flexibility index (Phi) is 5.78.